The zero-order chi connectivity index (χ0) is 31.0. The molecule has 0 saturated carbocycles. The van der Waals surface area contributed by atoms with Gasteiger partial charge in [-0.25, -0.2) is 8.42 Å². The molecule has 2 aromatic carbocycles. The summed E-state index contributed by atoms with van der Waals surface area (Å²) >= 11 is 0. The van der Waals surface area contributed by atoms with E-state index < -0.39 is 33.6 Å². The number of ether oxygens (including phenoxy) is 1. The Morgan fingerprint density at radius 2 is 1.81 bits per heavy atom. The molecule has 2 N–H and O–H groups in total. The van der Waals surface area contributed by atoms with Crippen LogP contribution in [0.15, 0.2) is 52.9 Å². The number of halogens is 3. The summed E-state index contributed by atoms with van der Waals surface area (Å²) in [6, 6.07) is 10.2. The van der Waals surface area contributed by atoms with Crippen LogP contribution in [0, 0.1) is 6.92 Å². The van der Waals surface area contributed by atoms with Gasteiger partial charge in [-0.1, -0.05) is 18.2 Å². The molecule has 0 bridgehead atoms. The van der Waals surface area contributed by atoms with Crippen LogP contribution in [0.1, 0.15) is 52.7 Å². The quantitative estimate of drug-likeness (QED) is 0.511. The summed E-state index contributed by atoms with van der Waals surface area (Å²) in [4.78, 5) is 31.9. The normalized spacial score (nSPS) is 20.0. The van der Waals surface area contributed by atoms with Gasteiger partial charge in [0.05, 0.1) is 6.10 Å². The van der Waals surface area contributed by atoms with Crippen molar-refractivity contribution in [2.24, 2.45) is 4.99 Å². The standard InChI is InChI=1S/C29H31F3N4O6S/c1-19-17-22(26(38)35-12-7-23(37)8-13-35)6-5-20(19)9-16-43(40,41)36-14-10-28(11-15-36)27(39)33-25(34-28)21-3-2-4-24(18-21)42-29(30,31)32/h2-6,9,16-18,23,37H,7-8,10-15H2,1H3,(H,33,34,39). The topological polar surface area (TPSA) is 129 Å². The Morgan fingerprint density at radius 3 is 2.47 bits per heavy atom. The van der Waals surface area contributed by atoms with Crippen molar-refractivity contribution < 1.29 is 41.0 Å². The minimum Gasteiger partial charge on any atom is -0.406 e. The molecule has 1 spiro atoms. The Balaban J connectivity index is 1.23. The Kier molecular flexibility index (Phi) is 8.38. The predicted molar refractivity (Wildman–Crippen MR) is 152 cm³/mol. The molecule has 2 fully saturated rings. The number of benzene rings is 2. The van der Waals surface area contributed by atoms with E-state index in [4.69, 9.17) is 0 Å². The van der Waals surface area contributed by atoms with Gasteiger partial charge in [-0.3, -0.25) is 14.6 Å². The Morgan fingerprint density at radius 1 is 1.12 bits per heavy atom. The van der Waals surface area contributed by atoms with Crippen molar-refractivity contribution >= 4 is 33.7 Å². The van der Waals surface area contributed by atoms with Crippen LogP contribution in [0.4, 0.5) is 13.2 Å². The zero-order valence-electron chi connectivity index (χ0n) is 23.3. The van der Waals surface area contributed by atoms with Crippen LogP contribution in [-0.4, -0.2) is 84.6 Å². The van der Waals surface area contributed by atoms with Gasteiger partial charge in [0.25, 0.3) is 11.8 Å². The number of nitrogens with one attached hydrogen (secondary N) is 1. The van der Waals surface area contributed by atoms with Crippen LogP contribution >= 0.6 is 0 Å². The number of aliphatic imine (C=N–C) groups is 1. The highest BCUT2D eigenvalue weighted by Gasteiger charge is 2.47. The number of aliphatic hydroxyl groups is 1. The molecule has 2 aromatic rings. The molecule has 0 aliphatic carbocycles. The number of hydrogen-bond donors (Lipinski definition) is 2. The molecule has 2 amide bonds. The summed E-state index contributed by atoms with van der Waals surface area (Å²) < 4.78 is 69.3. The largest absolute Gasteiger partial charge is 0.573 e. The second-order valence-corrected chi connectivity index (χ2v) is 12.7. The average Bonchev–Trinajstić information content (AvgIpc) is 3.27. The summed E-state index contributed by atoms with van der Waals surface area (Å²) in [7, 11) is -3.85. The van der Waals surface area contributed by atoms with Gasteiger partial charge >= 0.3 is 6.36 Å². The third-order valence-corrected chi connectivity index (χ3v) is 9.48. The molecule has 3 aliphatic heterocycles. The maximum absolute atomic E-state index is 13.1. The number of likely N-dealkylation sites (tertiary alicyclic amines) is 1. The zero-order valence-corrected chi connectivity index (χ0v) is 24.1. The molecule has 230 valence electrons. The maximum Gasteiger partial charge on any atom is 0.573 e. The Hall–Kier alpha value is -3.75. The molecule has 0 atom stereocenters. The lowest BCUT2D eigenvalue weighted by molar-refractivity contribution is -0.274. The van der Waals surface area contributed by atoms with E-state index >= 15 is 0 Å². The first-order valence-corrected chi connectivity index (χ1v) is 15.3. The Bertz CT molecular complexity index is 1570. The molecule has 5 rings (SSSR count). The molecule has 2 saturated heterocycles. The molecule has 10 nitrogen and oxygen atoms in total. The van der Waals surface area contributed by atoms with Crippen molar-refractivity contribution in [3.63, 3.8) is 0 Å². The van der Waals surface area contributed by atoms with Crippen molar-refractivity contribution in [3.8, 4) is 5.75 Å². The van der Waals surface area contributed by atoms with Gasteiger partial charge in [-0.2, -0.15) is 4.31 Å². The number of amides is 2. The van der Waals surface area contributed by atoms with Crippen molar-refractivity contribution in [1.82, 2.24) is 14.5 Å². The number of nitrogens with zero attached hydrogens (tertiary/aromatic N) is 3. The molecule has 0 radical (unpaired) electrons. The second kappa shape index (κ2) is 11.7. The van der Waals surface area contributed by atoms with Gasteiger partial charge in [-0.15, -0.1) is 13.2 Å². The third kappa shape index (κ3) is 6.92. The number of aryl methyl sites for hydroxylation is 1. The molecule has 43 heavy (non-hydrogen) atoms. The van der Waals surface area contributed by atoms with E-state index in [1.807, 2.05) is 0 Å². The molecule has 3 aliphatic rings. The van der Waals surface area contributed by atoms with E-state index in [0.717, 1.165) is 23.1 Å². The van der Waals surface area contributed by atoms with Gasteiger partial charge in [-0.05, 0) is 74.1 Å². The van der Waals surface area contributed by atoms with Crippen LogP contribution in [-0.2, 0) is 14.8 Å². The lowest BCUT2D eigenvalue weighted by Crippen LogP contribution is -2.50. The van der Waals surface area contributed by atoms with Crippen molar-refractivity contribution in [1.29, 1.82) is 0 Å². The second-order valence-electron chi connectivity index (χ2n) is 10.9. The van der Waals surface area contributed by atoms with Crippen LogP contribution in [0.2, 0.25) is 0 Å². The molecular weight excluding hydrogens is 589 g/mol. The fourth-order valence-corrected chi connectivity index (χ4v) is 6.62. The monoisotopic (exact) mass is 620 g/mol. The predicted octanol–water partition coefficient (Wildman–Crippen LogP) is 3.20. The van der Waals surface area contributed by atoms with E-state index in [-0.39, 0.29) is 49.3 Å². The van der Waals surface area contributed by atoms with Crippen molar-refractivity contribution in [3.05, 3.63) is 70.1 Å². The summed E-state index contributed by atoms with van der Waals surface area (Å²) in [5.41, 5.74) is 0.856. The first kappa shape index (κ1) is 30.7. The first-order valence-electron chi connectivity index (χ1n) is 13.8. The van der Waals surface area contributed by atoms with E-state index in [1.165, 1.54) is 22.5 Å². The van der Waals surface area contributed by atoms with Crippen molar-refractivity contribution in [2.45, 2.75) is 50.6 Å². The summed E-state index contributed by atoms with van der Waals surface area (Å²) in [5, 5.41) is 13.4. The lowest BCUT2D eigenvalue weighted by Gasteiger charge is -2.34. The highest BCUT2D eigenvalue weighted by Crippen LogP contribution is 2.33. The van der Waals surface area contributed by atoms with Crippen LogP contribution in [0.25, 0.3) is 6.08 Å². The number of hydrogen-bond acceptors (Lipinski definition) is 7. The third-order valence-electron chi connectivity index (χ3n) is 7.92. The van der Waals surface area contributed by atoms with Gasteiger partial charge in [0.1, 0.15) is 17.1 Å². The minimum absolute atomic E-state index is 0.0189. The first-order chi connectivity index (χ1) is 20.2. The fraction of sp³-hybridized carbons (Fsp3) is 0.414. The smallest absolute Gasteiger partial charge is 0.406 e. The van der Waals surface area contributed by atoms with Crippen molar-refractivity contribution in [2.75, 3.05) is 26.2 Å². The number of amidine groups is 1. The van der Waals surface area contributed by atoms with E-state index in [2.05, 4.69) is 15.0 Å². The number of carbonyl (C=O) groups excluding carboxylic acids is 2. The minimum atomic E-state index is -4.87. The number of aliphatic hydroxyl groups excluding tert-OH is 1. The maximum atomic E-state index is 13.1. The SMILES string of the molecule is Cc1cc(C(=O)N2CCC(O)CC2)ccc1C=CS(=O)(=O)N1CCC2(CC1)N=C(c1cccc(OC(F)(F)F)c1)NC2=O. The highest BCUT2D eigenvalue weighted by atomic mass is 32.2. The average molecular weight is 621 g/mol. The number of carbonyl (C=O) groups is 2. The van der Waals surface area contributed by atoms with Gasteiger partial charge < -0.3 is 20.1 Å². The lowest BCUT2D eigenvalue weighted by atomic mass is 9.89. The van der Waals surface area contributed by atoms with E-state index in [1.54, 1.807) is 30.0 Å². The number of piperidine rings is 2. The molecule has 0 unspecified atom stereocenters. The molecule has 14 heteroatoms. The highest BCUT2D eigenvalue weighted by molar-refractivity contribution is 7.92. The fourth-order valence-electron chi connectivity index (χ4n) is 5.44. The molecule has 3 heterocycles. The summed E-state index contributed by atoms with van der Waals surface area (Å²) in [5.74, 6) is -0.924. The van der Waals surface area contributed by atoms with Gasteiger partial charge in [0, 0.05) is 42.7 Å². The molecular formula is C29H31F3N4O6S. The number of sulfonamides is 1. The van der Waals surface area contributed by atoms with Crippen LogP contribution < -0.4 is 10.1 Å². The Labute approximate surface area is 246 Å². The number of rotatable bonds is 6. The summed E-state index contributed by atoms with van der Waals surface area (Å²) in [6.45, 7) is 2.78. The van der Waals surface area contributed by atoms with Gasteiger partial charge in [0.15, 0.2) is 0 Å². The van der Waals surface area contributed by atoms with E-state index in [0.29, 0.717) is 37.1 Å². The van der Waals surface area contributed by atoms with Crippen LogP contribution in [0.5, 0.6) is 5.75 Å². The number of alkyl halides is 3. The van der Waals surface area contributed by atoms with Gasteiger partial charge in [0.2, 0.25) is 10.0 Å². The molecule has 0 aromatic heterocycles. The summed E-state index contributed by atoms with van der Waals surface area (Å²) in [6.07, 6.45) is -2.53. The van der Waals surface area contributed by atoms with E-state index in [9.17, 15) is 36.3 Å². The van der Waals surface area contributed by atoms with Crippen LogP contribution in [0.3, 0.4) is 0 Å².